The summed E-state index contributed by atoms with van der Waals surface area (Å²) >= 11 is 0. The Hall–Kier alpha value is -2.28. The first-order valence-corrected chi connectivity index (χ1v) is 8.10. The summed E-state index contributed by atoms with van der Waals surface area (Å²) in [5, 5.41) is 5.46. The summed E-state index contributed by atoms with van der Waals surface area (Å²) in [4.78, 5) is 26.2. The van der Waals surface area contributed by atoms with Crippen molar-refractivity contribution in [3.05, 3.63) is 23.8 Å². The van der Waals surface area contributed by atoms with Gasteiger partial charge in [-0.15, -0.1) is 0 Å². The molecule has 0 bridgehead atoms. The Morgan fingerprint density at radius 1 is 1.08 bits per heavy atom. The molecule has 7 heteroatoms. The molecule has 1 aromatic rings. The Balaban J connectivity index is 2.52. The SMILES string of the molecule is COc1ccc(C(=O)NCC(=O)NCC(C)(C)CN(C)C)cc1OC. The molecule has 0 atom stereocenters. The molecule has 2 N–H and O–H groups in total. The van der Waals surface area contributed by atoms with E-state index in [1.165, 1.54) is 14.2 Å². The van der Waals surface area contributed by atoms with E-state index in [0.29, 0.717) is 23.6 Å². The third kappa shape index (κ3) is 7.01. The molecule has 0 aromatic heterocycles. The lowest BCUT2D eigenvalue weighted by molar-refractivity contribution is -0.120. The minimum atomic E-state index is -0.344. The number of ether oxygens (including phenoxy) is 2. The van der Waals surface area contributed by atoms with E-state index in [1.807, 2.05) is 14.1 Å². The molecule has 0 aliphatic heterocycles. The number of methoxy groups -OCH3 is 2. The van der Waals surface area contributed by atoms with Gasteiger partial charge >= 0.3 is 0 Å². The predicted octanol–water partition coefficient (Wildman–Crippen LogP) is 1.14. The van der Waals surface area contributed by atoms with Crippen LogP contribution in [0.3, 0.4) is 0 Å². The lowest BCUT2D eigenvalue weighted by atomic mass is 9.93. The first-order chi connectivity index (χ1) is 11.7. The Morgan fingerprint density at radius 2 is 1.72 bits per heavy atom. The molecule has 25 heavy (non-hydrogen) atoms. The summed E-state index contributed by atoms with van der Waals surface area (Å²) in [5.41, 5.74) is 0.352. The molecule has 2 amide bonds. The molecule has 0 unspecified atom stereocenters. The maximum atomic E-state index is 12.2. The third-order valence-corrected chi connectivity index (χ3v) is 3.56. The normalized spacial score (nSPS) is 11.2. The number of hydrogen-bond acceptors (Lipinski definition) is 5. The molecule has 0 fully saturated rings. The highest BCUT2D eigenvalue weighted by atomic mass is 16.5. The number of nitrogens with zero attached hydrogens (tertiary/aromatic N) is 1. The molecule has 140 valence electrons. The first-order valence-electron chi connectivity index (χ1n) is 8.10. The summed E-state index contributed by atoms with van der Waals surface area (Å²) in [5.74, 6) is 0.439. The van der Waals surface area contributed by atoms with Crippen LogP contribution >= 0.6 is 0 Å². The molecule has 0 aliphatic rings. The van der Waals surface area contributed by atoms with Gasteiger partial charge in [-0.2, -0.15) is 0 Å². The standard InChI is InChI=1S/C18H29N3O4/c1-18(2,12-21(3)4)11-20-16(22)10-19-17(23)13-7-8-14(24-5)15(9-13)25-6/h7-9H,10-12H2,1-6H3,(H,19,23)(H,20,22). The van der Waals surface area contributed by atoms with Gasteiger partial charge in [-0.25, -0.2) is 0 Å². The zero-order valence-electron chi connectivity index (χ0n) is 15.9. The van der Waals surface area contributed by atoms with Crippen LogP contribution in [0.15, 0.2) is 18.2 Å². The second kappa shape index (κ2) is 9.27. The minimum absolute atomic E-state index is 0.0491. The van der Waals surface area contributed by atoms with Crippen LogP contribution in [0.4, 0.5) is 0 Å². The van der Waals surface area contributed by atoms with Crippen molar-refractivity contribution >= 4 is 11.8 Å². The largest absolute Gasteiger partial charge is 0.493 e. The van der Waals surface area contributed by atoms with Gasteiger partial charge in [0.05, 0.1) is 20.8 Å². The average molecular weight is 351 g/mol. The van der Waals surface area contributed by atoms with Gasteiger partial charge in [0, 0.05) is 18.7 Å². The van der Waals surface area contributed by atoms with Gasteiger partial charge < -0.3 is 25.0 Å². The Kier molecular flexibility index (Phi) is 7.70. The van der Waals surface area contributed by atoms with Gasteiger partial charge in [0.25, 0.3) is 5.91 Å². The molecular weight excluding hydrogens is 322 g/mol. The number of hydrogen-bond donors (Lipinski definition) is 2. The maximum Gasteiger partial charge on any atom is 0.251 e. The van der Waals surface area contributed by atoms with Crippen molar-refractivity contribution in [3.8, 4) is 11.5 Å². The lowest BCUT2D eigenvalue weighted by Crippen LogP contribution is -2.43. The van der Waals surface area contributed by atoms with Crippen LogP contribution in [0.25, 0.3) is 0 Å². The second-order valence-electron chi connectivity index (χ2n) is 6.93. The number of amides is 2. The van der Waals surface area contributed by atoms with Crippen molar-refractivity contribution in [1.82, 2.24) is 15.5 Å². The summed E-state index contributed by atoms with van der Waals surface area (Å²) in [6.45, 7) is 5.47. The van der Waals surface area contributed by atoms with Gasteiger partial charge in [-0.3, -0.25) is 9.59 Å². The molecule has 0 heterocycles. The van der Waals surface area contributed by atoms with Crippen LogP contribution in [0, 0.1) is 5.41 Å². The number of carbonyl (C=O) groups excluding carboxylic acids is 2. The zero-order valence-corrected chi connectivity index (χ0v) is 15.9. The van der Waals surface area contributed by atoms with Crippen molar-refractivity contribution < 1.29 is 19.1 Å². The predicted molar refractivity (Wildman–Crippen MR) is 97.2 cm³/mol. The molecule has 1 aromatic carbocycles. The van der Waals surface area contributed by atoms with Gasteiger partial charge in [-0.05, 0) is 37.7 Å². The highest BCUT2D eigenvalue weighted by molar-refractivity contribution is 5.97. The fourth-order valence-corrected chi connectivity index (χ4v) is 2.55. The van der Waals surface area contributed by atoms with E-state index in [0.717, 1.165) is 6.54 Å². The molecule has 0 radical (unpaired) electrons. The van der Waals surface area contributed by atoms with E-state index in [9.17, 15) is 9.59 Å². The summed E-state index contributed by atoms with van der Waals surface area (Å²) in [7, 11) is 7.02. The second-order valence-corrected chi connectivity index (χ2v) is 6.93. The number of benzene rings is 1. The molecule has 1 rings (SSSR count). The van der Waals surface area contributed by atoms with Crippen LogP contribution < -0.4 is 20.1 Å². The van der Waals surface area contributed by atoms with Crippen LogP contribution in [-0.2, 0) is 4.79 Å². The molecular formula is C18H29N3O4. The molecule has 0 saturated heterocycles. The smallest absolute Gasteiger partial charge is 0.251 e. The van der Waals surface area contributed by atoms with E-state index in [1.54, 1.807) is 18.2 Å². The first kappa shape index (κ1) is 20.8. The van der Waals surface area contributed by atoms with Gasteiger partial charge in [0.2, 0.25) is 5.91 Å². The van der Waals surface area contributed by atoms with Crippen molar-refractivity contribution in [2.24, 2.45) is 5.41 Å². The van der Waals surface area contributed by atoms with Crippen molar-refractivity contribution in [2.45, 2.75) is 13.8 Å². The van der Waals surface area contributed by atoms with E-state index in [2.05, 4.69) is 29.4 Å². The van der Waals surface area contributed by atoms with E-state index in [-0.39, 0.29) is 23.8 Å². The van der Waals surface area contributed by atoms with E-state index < -0.39 is 0 Å². The summed E-state index contributed by atoms with van der Waals surface area (Å²) in [6, 6.07) is 4.85. The van der Waals surface area contributed by atoms with Gasteiger partial charge in [0.15, 0.2) is 11.5 Å². The van der Waals surface area contributed by atoms with Crippen molar-refractivity contribution in [1.29, 1.82) is 0 Å². The topological polar surface area (TPSA) is 79.9 Å². The van der Waals surface area contributed by atoms with Crippen LogP contribution in [-0.4, -0.2) is 64.7 Å². The summed E-state index contributed by atoms with van der Waals surface area (Å²) < 4.78 is 10.3. The van der Waals surface area contributed by atoms with Gasteiger partial charge in [0.1, 0.15) is 0 Å². The lowest BCUT2D eigenvalue weighted by Gasteiger charge is -2.28. The van der Waals surface area contributed by atoms with Crippen molar-refractivity contribution in [2.75, 3.05) is 47.9 Å². The minimum Gasteiger partial charge on any atom is -0.493 e. The van der Waals surface area contributed by atoms with E-state index in [4.69, 9.17) is 9.47 Å². The number of carbonyl (C=O) groups is 2. The monoisotopic (exact) mass is 351 g/mol. The summed E-state index contributed by atoms with van der Waals surface area (Å²) in [6.07, 6.45) is 0. The van der Waals surface area contributed by atoms with Crippen LogP contribution in [0.2, 0.25) is 0 Å². The average Bonchev–Trinajstić information content (AvgIpc) is 2.56. The molecule has 0 spiro atoms. The number of rotatable bonds is 9. The van der Waals surface area contributed by atoms with Crippen molar-refractivity contribution in [3.63, 3.8) is 0 Å². The fraction of sp³-hybridized carbons (Fsp3) is 0.556. The highest BCUT2D eigenvalue weighted by Gasteiger charge is 2.20. The Labute approximate surface area is 149 Å². The van der Waals surface area contributed by atoms with Crippen LogP contribution in [0.1, 0.15) is 24.2 Å². The van der Waals surface area contributed by atoms with Crippen LogP contribution in [0.5, 0.6) is 11.5 Å². The molecule has 7 nitrogen and oxygen atoms in total. The highest BCUT2D eigenvalue weighted by Crippen LogP contribution is 2.27. The van der Waals surface area contributed by atoms with Gasteiger partial charge in [-0.1, -0.05) is 13.8 Å². The number of nitrogens with one attached hydrogen (secondary N) is 2. The Morgan fingerprint density at radius 3 is 2.28 bits per heavy atom. The molecule has 0 saturated carbocycles. The maximum absolute atomic E-state index is 12.2. The fourth-order valence-electron chi connectivity index (χ4n) is 2.55. The third-order valence-electron chi connectivity index (χ3n) is 3.56. The molecule has 0 aliphatic carbocycles. The quantitative estimate of drug-likeness (QED) is 0.697. The zero-order chi connectivity index (χ0) is 19.0. The Bertz CT molecular complexity index is 600. The van der Waals surface area contributed by atoms with E-state index >= 15 is 0 Å².